The number of allylic oxidation sites excluding steroid dienone is 1. The molecule has 3 atom stereocenters. The van der Waals surface area contributed by atoms with Crippen LogP contribution >= 0.6 is 11.8 Å². The maximum absolute atomic E-state index is 13.3. The predicted octanol–water partition coefficient (Wildman–Crippen LogP) is 2.23. The molecule has 1 aromatic carbocycles. The van der Waals surface area contributed by atoms with Gasteiger partial charge < -0.3 is 14.4 Å². The summed E-state index contributed by atoms with van der Waals surface area (Å²) >= 11 is 1.54. The van der Waals surface area contributed by atoms with Gasteiger partial charge in [0.05, 0.1) is 11.3 Å². The first-order valence-corrected chi connectivity index (χ1v) is 11.2. The number of Topliss-reactive ketones (excluding diaryl/α,β-unsaturated/α-hetero) is 1. The van der Waals surface area contributed by atoms with E-state index in [9.17, 15) is 9.59 Å². The van der Waals surface area contributed by atoms with Crippen LogP contribution in [0.25, 0.3) is 6.08 Å². The number of ether oxygens (including phenoxy) is 2. The molecular weight excluding hydrogens is 388 g/mol. The van der Waals surface area contributed by atoms with Crippen LogP contribution in [0.4, 0.5) is 0 Å². The zero-order valence-corrected chi connectivity index (χ0v) is 17.7. The van der Waals surface area contributed by atoms with Gasteiger partial charge in [-0.25, -0.2) is 0 Å². The molecule has 0 spiro atoms. The molecule has 2 saturated heterocycles. The van der Waals surface area contributed by atoms with E-state index in [0.717, 1.165) is 24.8 Å². The van der Waals surface area contributed by atoms with Crippen molar-refractivity contribution in [1.82, 2.24) is 10.2 Å². The van der Waals surface area contributed by atoms with E-state index in [4.69, 9.17) is 9.47 Å². The third-order valence-electron chi connectivity index (χ3n) is 6.05. The molecule has 1 N–H and O–H groups in total. The molecule has 0 radical (unpaired) electrons. The van der Waals surface area contributed by atoms with Gasteiger partial charge in [-0.3, -0.25) is 14.9 Å². The minimum atomic E-state index is -0.480. The van der Waals surface area contributed by atoms with Crippen LogP contribution in [-0.2, 0) is 25.5 Å². The first-order valence-electron chi connectivity index (χ1n) is 10.1. The van der Waals surface area contributed by atoms with Crippen LogP contribution in [0.15, 0.2) is 29.8 Å². The van der Waals surface area contributed by atoms with Crippen molar-refractivity contribution in [2.24, 2.45) is 0 Å². The Balaban J connectivity index is 1.42. The summed E-state index contributed by atoms with van der Waals surface area (Å²) in [6.45, 7) is 0.678. The fraction of sp³-hybridized carbons (Fsp3) is 0.545. The van der Waals surface area contributed by atoms with Crippen molar-refractivity contribution < 1.29 is 19.1 Å². The van der Waals surface area contributed by atoms with E-state index in [2.05, 4.69) is 23.5 Å². The van der Waals surface area contributed by atoms with E-state index < -0.39 is 12.3 Å². The maximum Gasteiger partial charge on any atom is 0.241 e. The monoisotopic (exact) mass is 416 g/mol. The van der Waals surface area contributed by atoms with Crippen LogP contribution in [0.3, 0.4) is 0 Å². The van der Waals surface area contributed by atoms with Crippen LogP contribution in [0.1, 0.15) is 30.4 Å². The zero-order chi connectivity index (χ0) is 20.4. The zero-order valence-electron chi connectivity index (χ0n) is 16.9. The average molecular weight is 417 g/mol. The van der Waals surface area contributed by atoms with E-state index in [1.165, 1.54) is 22.9 Å². The number of hydrogen-bond donors (Lipinski definition) is 1. The largest absolute Gasteiger partial charge is 0.354 e. The molecule has 1 aromatic rings. The highest BCUT2D eigenvalue weighted by atomic mass is 32.2. The Morgan fingerprint density at radius 2 is 2.07 bits per heavy atom. The Morgan fingerprint density at radius 3 is 2.83 bits per heavy atom. The van der Waals surface area contributed by atoms with E-state index in [1.54, 1.807) is 14.2 Å². The molecule has 2 aliphatic heterocycles. The second-order valence-electron chi connectivity index (χ2n) is 7.82. The number of amides is 1. The van der Waals surface area contributed by atoms with Gasteiger partial charge in [0.15, 0.2) is 12.1 Å². The number of ketones is 1. The highest BCUT2D eigenvalue weighted by molar-refractivity contribution is 8.00. The van der Waals surface area contributed by atoms with Crippen LogP contribution in [0.5, 0.6) is 0 Å². The summed E-state index contributed by atoms with van der Waals surface area (Å²) in [7, 11) is 3.19. The van der Waals surface area contributed by atoms with Crippen LogP contribution in [0, 0.1) is 0 Å². The number of nitrogens with one attached hydrogen (secondary N) is 1. The molecule has 1 amide bonds. The summed E-state index contributed by atoms with van der Waals surface area (Å²) in [6.07, 6.45) is 4.68. The first-order chi connectivity index (χ1) is 14.1. The Labute approximate surface area is 176 Å². The number of fused-ring (bicyclic) bond motifs is 1. The molecule has 7 heteroatoms. The van der Waals surface area contributed by atoms with E-state index in [0.29, 0.717) is 18.8 Å². The molecule has 2 heterocycles. The van der Waals surface area contributed by atoms with Crippen molar-refractivity contribution in [2.75, 3.05) is 26.6 Å². The van der Waals surface area contributed by atoms with E-state index >= 15 is 0 Å². The molecule has 4 rings (SSSR count). The SMILES string of the molecule is COC(OC)[C@@H]1CCCN1C(=O)[C@H]1NCSC1C(=O)CC1=Cc2ccccc2C1. The van der Waals surface area contributed by atoms with Crippen molar-refractivity contribution in [3.05, 3.63) is 41.0 Å². The molecule has 1 aliphatic carbocycles. The minimum Gasteiger partial charge on any atom is -0.354 e. The van der Waals surface area contributed by atoms with Gasteiger partial charge in [-0.1, -0.05) is 35.9 Å². The number of carbonyl (C=O) groups excluding carboxylic acids is 2. The lowest BCUT2D eigenvalue weighted by molar-refractivity contribution is -0.158. The standard InChI is InChI=1S/C22H28N2O4S/c1-27-22(28-2)17-8-5-9-24(17)21(26)19-20(29-13-23-19)18(25)12-14-10-15-6-3-4-7-16(15)11-14/h3-4,6-7,10,17,19-20,22-23H,5,8-9,11-13H2,1-2H3/t17-,19-,20?/m0/s1. The second-order valence-corrected chi connectivity index (χ2v) is 8.95. The Hall–Kier alpha value is -1.67. The van der Waals surface area contributed by atoms with Crippen molar-refractivity contribution in [2.45, 2.75) is 49.3 Å². The van der Waals surface area contributed by atoms with Crippen molar-refractivity contribution >= 4 is 29.5 Å². The topological polar surface area (TPSA) is 67.9 Å². The quantitative estimate of drug-likeness (QED) is 0.688. The number of methoxy groups -OCH3 is 2. The first kappa shape index (κ1) is 20.6. The normalized spacial score (nSPS) is 26.1. The van der Waals surface area contributed by atoms with Crippen molar-refractivity contribution in [1.29, 1.82) is 0 Å². The van der Waals surface area contributed by atoms with Gasteiger partial charge >= 0.3 is 0 Å². The number of likely N-dealkylation sites (tertiary alicyclic amines) is 1. The predicted molar refractivity (Wildman–Crippen MR) is 113 cm³/mol. The average Bonchev–Trinajstić information content (AvgIpc) is 3.47. The number of hydrogen-bond acceptors (Lipinski definition) is 6. The van der Waals surface area contributed by atoms with Gasteiger partial charge in [-0.15, -0.1) is 11.8 Å². The molecule has 2 fully saturated rings. The third kappa shape index (κ3) is 4.14. The van der Waals surface area contributed by atoms with E-state index in [1.807, 2.05) is 17.0 Å². The van der Waals surface area contributed by atoms with Crippen LogP contribution < -0.4 is 5.32 Å². The molecule has 29 heavy (non-hydrogen) atoms. The summed E-state index contributed by atoms with van der Waals surface area (Å²) in [5, 5.41) is 2.90. The van der Waals surface area contributed by atoms with Crippen LogP contribution in [0.2, 0.25) is 0 Å². The second kappa shape index (κ2) is 9.00. The van der Waals surface area contributed by atoms with Gasteiger partial charge in [0.25, 0.3) is 0 Å². The fourth-order valence-corrected chi connectivity index (χ4v) is 5.78. The Morgan fingerprint density at radius 1 is 1.28 bits per heavy atom. The lowest BCUT2D eigenvalue weighted by atomic mass is 10.0. The fourth-order valence-electron chi connectivity index (χ4n) is 4.65. The van der Waals surface area contributed by atoms with Gasteiger partial charge in [0.1, 0.15) is 6.04 Å². The molecule has 156 valence electrons. The number of nitrogens with zero attached hydrogens (tertiary/aromatic N) is 1. The number of thioether (sulfide) groups is 1. The minimum absolute atomic E-state index is 0.0152. The third-order valence-corrected chi connectivity index (χ3v) is 7.27. The molecular formula is C22H28N2O4S. The number of rotatable bonds is 7. The van der Waals surface area contributed by atoms with Crippen molar-refractivity contribution in [3.8, 4) is 0 Å². The number of carbonyl (C=O) groups is 2. The van der Waals surface area contributed by atoms with Crippen LogP contribution in [-0.4, -0.2) is 66.9 Å². The summed E-state index contributed by atoms with van der Waals surface area (Å²) in [4.78, 5) is 28.2. The summed E-state index contributed by atoms with van der Waals surface area (Å²) < 4.78 is 10.8. The Bertz CT molecular complexity index is 808. The van der Waals surface area contributed by atoms with Crippen molar-refractivity contribution in [3.63, 3.8) is 0 Å². The molecule has 3 aliphatic rings. The van der Waals surface area contributed by atoms with Gasteiger partial charge in [0, 0.05) is 33.1 Å². The lowest BCUT2D eigenvalue weighted by Gasteiger charge is -2.32. The Kier molecular flexibility index (Phi) is 6.39. The molecule has 0 aromatic heterocycles. The number of benzene rings is 1. The lowest BCUT2D eigenvalue weighted by Crippen LogP contribution is -2.54. The highest BCUT2D eigenvalue weighted by Gasteiger charge is 2.44. The summed E-state index contributed by atoms with van der Waals surface area (Å²) in [5.74, 6) is 0.726. The van der Waals surface area contributed by atoms with Gasteiger partial charge in [0.2, 0.25) is 5.91 Å². The van der Waals surface area contributed by atoms with E-state index in [-0.39, 0.29) is 23.0 Å². The molecule has 1 unspecified atom stereocenters. The molecule has 0 saturated carbocycles. The summed E-state index contributed by atoms with van der Waals surface area (Å²) in [6, 6.07) is 7.66. The van der Waals surface area contributed by atoms with Gasteiger partial charge in [-0.2, -0.15) is 0 Å². The molecule has 0 bridgehead atoms. The van der Waals surface area contributed by atoms with Gasteiger partial charge in [-0.05, 0) is 30.4 Å². The smallest absolute Gasteiger partial charge is 0.241 e. The summed E-state index contributed by atoms with van der Waals surface area (Å²) in [5.41, 5.74) is 3.60. The highest BCUT2D eigenvalue weighted by Crippen LogP contribution is 2.32. The maximum atomic E-state index is 13.3. The molecule has 6 nitrogen and oxygen atoms in total.